The molecule has 12 heteroatoms. The highest BCUT2D eigenvalue weighted by Gasteiger charge is 2.31. The van der Waals surface area contributed by atoms with Gasteiger partial charge in [0.1, 0.15) is 0 Å². The lowest BCUT2D eigenvalue weighted by molar-refractivity contribution is 0.0320. The van der Waals surface area contributed by atoms with Gasteiger partial charge >= 0.3 is 17.1 Å². The van der Waals surface area contributed by atoms with Crippen LogP contribution < -0.4 is 0 Å². The van der Waals surface area contributed by atoms with Crippen molar-refractivity contribution in [3.8, 4) is 0 Å². The van der Waals surface area contributed by atoms with Gasteiger partial charge in [0.25, 0.3) is 0 Å². The highest BCUT2D eigenvalue weighted by atomic mass is 28.4. The standard InChI is InChI=1S/C20H39NO6Si.C14H27NO2Si/c1-19-7-8-20(2)21(19)9-6-18-28(5,26-16-14-24-12-10-22-3)27-17-15-25-13-11-23-4;1-6-16-18(5,17-7-2)12-8-11-15-13(3)9-10-14(15)4/h7-8H,6,9-18H2,1-5H3;9-10H,6-8,11-12H2,1-5H3. The molecule has 0 bridgehead atoms. The van der Waals surface area contributed by atoms with E-state index in [2.05, 4.69) is 74.2 Å². The first-order valence-corrected chi connectivity index (χ1v) is 22.0. The third kappa shape index (κ3) is 17.7. The smallest absolute Gasteiger partial charge is 0.335 e. The van der Waals surface area contributed by atoms with Crippen molar-refractivity contribution in [2.75, 3.05) is 80.3 Å². The van der Waals surface area contributed by atoms with Crippen LogP contribution in [0.2, 0.25) is 25.2 Å². The summed E-state index contributed by atoms with van der Waals surface area (Å²) in [5, 5.41) is 0. The molecule has 0 spiro atoms. The number of aryl methyl sites for hydroxylation is 4. The van der Waals surface area contributed by atoms with Gasteiger partial charge in [-0.25, -0.2) is 0 Å². The minimum absolute atomic E-state index is 0.540. The van der Waals surface area contributed by atoms with Crippen molar-refractivity contribution >= 4 is 17.1 Å². The Hall–Kier alpha value is -1.33. The Morgan fingerprint density at radius 1 is 0.500 bits per heavy atom. The van der Waals surface area contributed by atoms with E-state index in [4.69, 9.17) is 36.7 Å². The Balaban J connectivity index is 0.000000506. The molecule has 0 fully saturated rings. The van der Waals surface area contributed by atoms with Crippen LogP contribution in [0.1, 0.15) is 49.5 Å². The van der Waals surface area contributed by atoms with E-state index in [0.717, 1.165) is 51.2 Å². The molecule has 268 valence electrons. The van der Waals surface area contributed by atoms with Crippen LogP contribution in [-0.4, -0.2) is 107 Å². The Labute approximate surface area is 282 Å². The molecule has 0 amide bonds. The third-order valence-corrected chi connectivity index (χ3v) is 13.8. The summed E-state index contributed by atoms with van der Waals surface area (Å²) in [6, 6.07) is 10.7. The predicted octanol–water partition coefficient (Wildman–Crippen LogP) is 6.57. The quantitative estimate of drug-likeness (QED) is 0.0813. The van der Waals surface area contributed by atoms with Crippen LogP contribution in [0.25, 0.3) is 0 Å². The number of ether oxygens (including phenoxy) is 4. The molecule has 0 saturated heterocycles. The zero-order valence-electron chi connectivity index (χ0n) is 30.8. The Bertz CT molecular complexity index is 972. The summed E-state index contributed by atoms with van der Waals surface area (Å²) in [6.07, 6.45) is 2.15. The lowest BCUT2D eigenvalue weighted by Crippen LogP contribution is -2.41. The molecule has 0 unspecified atom stereocenters. The fourth-order valence-electron chi connectivity index (χ4n) is 5.32. The first-order chi connectivity index (χ1) is 22.0. The summed E-state index contributed by atoms with van der Waals surface area (Å²) in [5.74, 6) is 0. The lowest BCUT2D eigenvalue weighted by atomic mass is 10.4. The number of methoxy groups -OCH3 is 2. The van der Waals surface area contributed by atoms with Crippen molar-refractivity contribution in [1.29, 1.82) is 0 Å². The summed E-state index contributed by atoms with van der Waals surface area (Å²) >= 11 is 0. The number of rotatable bonds is 26. The maximum absolute atomic E-state index is 6.18. The normalized spacial score (nSPS) is 12.0. The number of hydrogen-bond donors (Lipinski definition) is 0. The summed E-state index contributed by atoms with van der Waals surface area (Å²) in [6.45, 7) is 25.1. The molecule has 0 aliphatic heterocycles. The molecule has 2 aromatic heterocycles. The zero-order chi connectivity index (χ0) is 34.3. The van der Waals surface area contributed by atoms with Crippen LogP contribution in [0.4, 0.5) is 0 Å². The van der Waals surface area contributed by atoms with Gasteiger partial charge in [0.15, 0.2) is 0 Å². The van der Waals surface area contributed by atoms with Crippen molar-refractivity contribution in [1.82, 2.24) is 9.13 Å². The Kier molecular flexibility index (Phi) is 23.0. The first kappa shape index (κ1) is 42.7. The van der Waals surface area contributed by atoms with Gasteiger partial charge in [0, 0.05) is 63.3 Å². The van der Waals surface area contributed by atoms with Crippen LogP contribution >= 0.6 is 0 Å². The maximum atomic E-state index is 6.18. The van der Waals surface area contributed by atoms with E-state index in [1.54, 1.807) is 14.2 Å². The Morgan fingerprint density at radius 2 is 0.826 bits per heavy atom. The summed E-state index contributed by atoms with van der Waals surface area (Å²) in [5.41, 5.74) is 5.26. The van der Waals surface area contributed by atoms with E-state index in [1.165, 1.54) is 22.8 Å². The van der Waals surface area contributed by atoms with Crippen molar-refractivity contribution in [2.45, 2.75) is 92.7 Å². The fraction of sp³-hybridized carbons (Fsp3) is 0.765. The highest BCUT2D eigenvalue weighted by molar-refractivity contribution is 6.66. The van der Waals surface area contributed by atoms with Crippen LogP contribution in [0, 0.1) is 27.7 Å². The monoisotopic (exact) mass is 686 g/mol. The molecule has 0 aromatic carbocycles. The first-order valence-electron chi connectivity index (χ1n) is 17.0. The number of hydrogen-bond acceptors (Lipinski definition) is 8. The van der Waals surface area contributed by atoms with Crippen molar-refractivity contribution in [3.63, 3.8) is 0 Å². The fourth-order valence-corrected chi connectivity index (χ4v) is 9.92. The third-order valence-electron chi connectivity index (χ3n) is 7.89. The molecule has 2 rings (SSSR count). The summed E-state index contributed by atoms with van der Waals surface area (Å²) in [7, 11) is -0.887. The van der Waals surface area contributed by atoms with E-state index in [9.17, 15) is 0 Å². The van der Waals surface area contributed by atoms with Gasteiger partial charge in [0.2, 0.25) is 0 Å². The van der Waals surface area contributed by atoms with Gasteiger partial charge < -0.3 is 45.8 Å². The molecule has 0 saturated carbocycles. The van der Waals surface area contributed by atoms with E-state index in [-0.39, 0.29) is 0 Å². The molecular formula is C34H66N2O8Si2. The molecule has 2 aromatic rings. The second kappa shape index (κ2) is 24.8. The number of aromatic nitrogens is 2. The Morgan fingerprint density at radius 3 is 1.15 bits per heavy atom. The molecular weight excluding hydrogens is 621 g/mol. The van der Waals surface area contributed by atoms with Gasteiger partial charge in [-0.1, -0.05) is 0 Å². The zero-order valence-corrected chi connectivity index (χ0v) is 32.8. The topological polar surface area (TPSA) is 83.7 Å². The molecule has 0 radical (unpaired) electrons. The average Bonchev–Trinajstić information content (AvgIpc) is 3.51. The molecule has 10 nitrogen and oxygen atoms in total. The van der Waals surface area contributed by atoms with Crippen LogP contribution in [0.15, 0.2) is 24.3 Å². The van der Waals surface area contributed by atoms with Gasteiger partial charge in [0.05, 0.1) is 52.9 Å². The summed E-state index contributed by atoms with van der Waals surface area (Å²) in [4.78, 5) is 0. The maximum Gasteiger partial charge on any atom is 0.335 e. The van der Waals surface area contributed by atoms with E-state index < -0.39 is 17.1 Å². The highest BCUT2D eigenvalue weighted by Crippen LogP contribution is 2.19. The molecule has 46 heavy (non-hydrogen) atoms. The van der Waals surface area contributed by atoms with Crippen LogP contribution in [0.3, 0.4) is 0 Å². The van der Waals surface area contributed by atoms with E-state index in [0.29, 0.717) is 52.9 Å². The minimum atomic E-state index is -2.29. The minimum Gasteiger partial charge on any atom is -0.395 e. The van der Waals surface area contributed by atoms with Gasteiger partial charge in [-0.05, 0) is 104 Å². The number of nitrogens with zero attached hydrogens (tertiary/aromatic N) is 2. The van der Waals surface area contributed by atoms with Crippen molar-refractivity contribution in [3.05, 3.63) is 47.0 Å². The average molecular weight is 687 g/mol. The molecule has 0 atom stereocenters. The second-order valence-electron chi connectivity index (χ2n) is 11.8. The SMILES string of the molecule is CCO[Si](C)(CCCn1c(C)ccc1C)OCC.COCCOCCO[Si](C)(CCCn1c(C)ccc1C)OCCOCCOC. The van der Waals surface area contributed by atoms with E-state index in [1.807, 2.05) is 13.8 Å². The molecule has 2 heterocycles. The van der Waals surface area contributed by atoms with Gasteiger partial charge in [-0.2, -0.15) is 0 Å². The van der Waals surface area contributed by atoms with Crippen LogP contribution in [-0.2, 0) is 49.7 Å². The molecule has 0 N–H and O–H groups in total. The molecule has 0 aliphatic rings. The van der Waals surface area contributed by atoms with Crippen molar-refractivity contribution < 1.29 is 36.7 Å². The molecule has 0 aliphatic carbocycles. The second-order valence-corrected chi connectivity index (χ2v) is 18.5. The summed E-state index contributed by atoms with van der Waals surface area (Å²) < 4.78 is 49.8. The van der Waals surface area contributed by atoms with Crippen molar-refractivity contribution in [2.24, 2.45) is 0 Å². The van der Waals surface area contributed by atoms with E-state index >= 15 is 0 Å². The van der Waals surface area contributed by atoms with Crippen LogP contribution in [0.5, 0.6) is 0 Å². The predicted molar refractivity (Wildman–Crippen MR) is 190 cm³/mol. The van der Waals surface area contributed by atoms with Gasteiger partial charge in [-0.3, -0.25) is 0 Å². The largest absolute Gasteiger partial charge is 0.395 e. The van der Waals surface area contributed by atoms with Gasteiger partial charge in [-0.15, -0.1) is 0 Å². The lowest BCUT2D eigenvalue weighted by Gasteiger charge is -2.27.